The van der Waals surface area contributed by atoms with Gasteiger partial charge in [-0.3, -0.25) is 0 Å². The molecule has 0 bridgehead atoms. The van der Waals surface area contributed by atoms with Gasteiger partial charge in [-0.05, 0) is 42.3 Å². The Morgan fingerprint density at radius 3 is 2.89 bits per heavy atom. The monoisotopic (exact) mass is 321 g/mol. The van der Waals surface area contributed by atoms with Crippen LogP contribution in [0.3, 0.4) is 0 Å². The lowest BCUT2D eigenvalue weighted by Gasteiger charge is -2.28. The Morgan fingerprint density at radius 1 is 1.26 bits per heavy atom. The summed E-state index contributed by atoms with van der Waals surface area (Å²) in [6, 6.07) is 11.1. The van der Waals surface area contributed by atoms with Crippen LogP contribution in [0.25, 0.3) is 0 Å². The van der Waals surface area contributed by atoms with E-state index in [0.717, 1.165) is 21.5 Å². The maximum atomic E-state index is 13.3. The van der Waals surface area contributed by atoms with Gasteiger partial charge in [0.05, 0.1) is 11.7 Å². The van der Waals surface area contributed by atoms with Crippen LogP contribution in [0.1, 0.15) is 17.2 Å². The molecule has 4 heteroatoms. The van der Waals surface area contributed by atoms with E-state index >= 15 is 0 Å². The van der Waals surface area contributed by atoms with Gasteiger partial charge in [0.25, 0.3) is 0 Å². The van der Waals surface area contributed by atoms with Gasteiger partial charge in [-0.2, -0.15) is 0 Å². The van der Waals surface area contributed by atoms with Gasteiger partial charge in [0, 0.05) is 4.47 Å². The molecule has 2 aromatic carbocycles. The summed E-state index contributed by atoms with van der Waals surface area (Å²) in [6.45, 7) is 2.31. The average Bonchev–Trinajstić information content (AvgIpc) is 2.41. The molecule has 1 aliphatic rings. The molecule has 1 atom stereocenters. The van der Waals surface area contributed by atoms with E-state index in [0.29, 0.717) is 12.2 Å². The van der Waals surface area contributed by atoms with Crippen LogP contribution in [0.2, 0.25) is 0 Å². The highest BCUT2D eigenvalue weighted by molar-refractivity contribution is 9.10. The number of benzene rings is 2. The Bertz CT molecular complexity index is 630. The topological polar surface area (TPSA) is 21.3 Å². The summed E-state index contributed by atoms with van der Waals surface area (Å²) in [5.41, 5.74) is 2.64. The van der Waals surface area contributed by atoms with Crippen molar-refractivity contribution in [1.82, 2.24) is 0 Å². The first-order chi connectivity index (χ1) is 9.13. The van der Waals surface area contributed by atoms with E-state index in [1.807, 2.05) is 24.3 Å². The number of anilines is 1. The van der Waals surface area contributed by atoms with E-state index < -0.39 is 0 Å². The van der Waals surface area contributed by atoms with Crippen molar-refractivity contribution < 1.29 is 9.13 Å². The maximum Gasteiger partial charge on any atom is 0.142 e. The van der Waals surface area contributed by atoms with Crippen molar-refractivity contribution in [3.63, 3.8) is 0 Å². The van der Waals surface area contributed by atoms with Gasteiger partial charge in [-0.15, -0.1) is 0 Å². The normalized spacial score (nSPS) is 17.3. The second-order valence-corrected chi connectivity index (χ2v) is 5.57. The highest BCUT2D eigenvalue weighted by Gasteiger charge is 2.20. The minimum atomic E-state index is -0.177. The number of ether oxygens (including phenoxy) is 1. The number of rotatable bonds is 1. The number of fused-ring (bicyclic) bond motifs is 1. The number of nitrogens with one attached hydrogen (secondary N) is 1. The summed E-state index contributed by atoms with van der Waals surface area (Å²) < 4.78 is 20.0. The van der Waals surface area contributed by atoms with Crippen molar-refractivity contribution in [2.45, 2.75) is 13.0 Å². The van der Waals surface area contributed by atoms with Crippen LogP contribution in [-0.2, 0) is 0 Å². The number of hydrogen-bond acceptors (Lipinski definition) is 2. The average molecular weight is 322 g/mol. The van der Waals surface area contributed by atoms with Crippen LogP contribution in [0.4, 0.5) is 10.1 Å². The standard InChI is InChI=1S/C15H13BrFNO/c1-9-6-10(2-4-12(9)17)14-8-19-15-5-3-11(16)7-13(15)18-14/h2-7,14,18H,8H2,1H3. The van der Waals surface area contributed by atoms with Crippen LogP contribution in [0.5, 0.6) is 5.75 Å². The molecule has 19 heavy (non-hydrogen) atoms. The summed E-state index contributed by atoms with van der Waals surface area (Å²) in [5.74, 6) is 0.668. The quantitative estimate of drug-likeness (QED) is 0.838. The minimum Gasteiger partial charge on any atom is -0.489 e. The highest BCUT2D eigenvalue weighted by Crippen LogP contribution is 2.35. The number of aryl methyl sites for hydroxylation is 1. The molecule has 0 aliphatic carbocycles. The molecule has 1 aliphatic heterocycles. The molecule has 0 aromatic heterocycles. The number of hydrogen-bond donors (Lipinski definition) is 1. The predicted octanol–water partition coefficient (Wildman–Crippen LogP) is 4.44. The first-order valence-electron chi connectivity index (χ1n) is 6.08. The first kappa shape index (κ1) is 12.5. The summed E-state index contributed by atoms with van der Waals surface area (Å²) >= 11 is 3.44. The molecule has 1 heterocycles. The Kier molecular flexibility index (Phi) is 3.19. The molecule has 0 saturated heterocycles. The van der Waals surface area contributed by atoms with Crippen molar-refractivity contribution in [1.29, 1.82) is 0 Å². The van der Waals surface area contributed by atoms with Gasteiger partial charge >= 0.3 is 0 Å². The van der Waals surface area contributed by atoms with E-state index in [1.54, 1.807) is 13.0 Å². The third kappa shape index (κ3) is 2.45. The van der Waals surface area contributed by atoms with Crippen LogP contribution < -0.4 is 10.1 Å². The van der Waals surface area contributed by atoms with Gasteiger partial charge in [-0.25, -0.2) is 4.39 Å². The molecule has 0 fully saturated rings. The number of halogens is 2. The largest absolute Gasteiger partial charge is 0.489 e. The van der Waals surface area contributed by atoms with Gasteiger partial charge in [-0.1, -0.05) is 28.1 Å². The van der Waals surface area contributed by atoms with Crippen LogP contribution in [0.15, 0.2) is 40.9 Å². The molecule has 0 spiro atoms. The SMILES string of the molecule is Cc1cc(C2COc3ccc(Br)cc3N2)ccc1F. The van der Waals surface area contributed by atoms with Crippen molar-refractivity contribution in [3.05, 3.63) is 57.8 Å². The fourth-order valence-electron chi connectivity index (χ4n) is 2.21. The zero-order valence-electron chi connectivity index (χ0n) is 10.4. The van der Waals surface area contributed by atoms with Gasteiger partial charge in [0.15, 0.2) is 0 Å². The third-order valence-electron chi connectivity index (χ3n) is 3.26. The molecule has 3 rings (SSSR count). The second-order valence-electron chi connectivity index (χ2n) is 4.66. The van der Waals surface area contributed by atoms with Gasteiger partial charge in [0.2, 0.25) is 0 Å². The minimum absolute atomic E-state index is 0.0427. The molecule has 2 nitrogen and oxygen atoms in total. The van der Waals surface area contributed by atoms with Gasteiger partial charge < -0.3 is 10.1 Å². The summed E-state index contributed by atoms with van der Waals surface area (Å²) in [7, 11) is 0. The van der Waals surface area contributed by atoms with Crippen molar-refractivity contribution in [3.8, 4) is 5.75 Å². The van der Waals surface area contributed by atoms with Crippen LogP contribution in [-0.4, -0.2) is 6.61 Å². The molecule has 0 saturated carbocycles. The Labute approximate surface area is 119 Å². The fraction of sp³-hybridized carbons (Fsp3) is 0.200. The molecule has 0 radical (unpaired) electrons. The molecule has 98 valence electrons. The first-order valence-corrected chi connectivity index (χ1v) is 6.88. The lowest BCUT2D eigenvalue weighted by Crippen LogP contribution is -2.24. The van der Waals surface area contributed by atoms with Crippen LogP contribution >= 0.6 is 15.9 Å². The summed E-state index contributed by atoms with van der Waals surface area (Å²) in [4.78, 5) is 0. The smallest absolute Gasteiger partial charge is 0.142 e. The van der Waals surface area contributed by atoms with Gasteiger partial charge in [0.1, 0.15) is 18.2 Å². The lowest BCUT2D eigenvalue weighted by molar-refractivity contribution is 0.286. The highest BCUT2D eigenvalue weighted by atomic mass is 79.9. The molecular weight excluding hydrogens is 309 g/mol. The van der Waals surface area contributed by atoms with E-state index in [-0.39, 0.29) is 11.9 Å². The molecular formula is C15H13BrFNO. The molecule has 0 amide bonds. The second kappa shape index (κ2) is 4.85. The Morgan fingerprint density at radius 2 is 2.11 bits per heavy atom. The lowest BCUT2D eigenvalue weighted by atomic mass is 10.0. The molecule has 1 unspecified atom stereocenters. The Balaban J connectivity index is 1.90. The van der Waals surface area contributed by atoms with E-state index in [1.165, 1.54) is 6.07 Å². The summed E-state index contributed by atoms with van der Waals surface area (Å²) in [6.07, 6.45) is 0. The maximum absolute atomic E-state index is 13.3. The zero-order valence-corrected chi connectivity index (χ0v) is 12.0. The van der Waals surface area contributed by atoms with Crippen molar-refractivity contribution in [2.24, 2.45) is 0 Å². The molecule has 2 aromatic rings. The fourth-order valence-corrected chi connectivity index (χ4v) is 2.57. The van der Waals surface area contributed by atoms with E-state index in [2.05, 4.69) is 21.2 Å². The van der Waals surface area contributed by atoms with Crippen molar-refractivity contribution >= 4 is 21.6 Å². The zero-order chi connectivity index (χ0) is 13.4. The predicted molar refractivity (Wildman–Crippen MR) is 77.1 cm³/mol. The van der Waals surface area contributed by atoms with E-state index in [4.69, 9.17) is 4.74 Å². The van der Waals surface area contributed by atoms with Crippen LogP contribution in [0, 0.1) is 12.7 Å². The summed E-state index contributed by atoms with van der Waals surface area (Å²) in [5, 5.41) is 3.42. The Hall–Kier alpha value is -1.55. The third-order valence-corrected chi connectivity index (χ3v) is 3.75. The van der Waals surface area contributed by atoms with E-state index in [9.17, 15) is 4.39 Å². The van der Waals surface area contributed by atoms with Crippen molar-refractivity contribution in [2.75, 3.05) is 11.9 Å². The molecule has 1 N–H and O–H groups in total.